The van der Waals surface area contributed by atoms with Crippen LogP contribution in [0.1, 0.15) is 23.2 Å². The minimum atomic E-state index is -0.858. The molecule has 24 heavy (non-hydrogen) atoms. The molecule has 1 aliphatic rings. The standard InChI is InChI=1S/C16H19FN2O5/c1-23-13-5-4-11(17)7-12(13)16(22)24-9-14(20)19-6-2-3-10(8-19)15(18)21/h4-5,7,10H,2-3,6,8-9H2,1H3,(H2,18,21)/t10-/m0/s1. The molecule has 1 aliphatic heterocycles. The molecule has 0 spiro atoms. The Morgan fingerprint density at radius 3 is 2.79 bits per heavy atom. The van der Waals surface area contributed by atoms with E-state index in [0.29, 0.717) is 19.4 Å². The second-order valence-corrected chi connectivity index (χ2v) is 5.50. The van der Waals surface area contributed by atoms with Crippen LogP contribution in [0.3, 0.4) is 0 Å². The summed E-state index contributed by atoms with van der Waals surface area (Å²) < 4.78 is 23.2. The van der Waals surface area contributed by atoms with Crippen LogP contribution in [0.2, 0.25) is 0 Å². The van der Waals surface area contributed by atoms with Gasteiger partial charge in [0.05, 0.1) is 13.0 Å². The van der Waals surface area contributed by atoms with Crippen LogP contribution in [0.4, 0.5) is 4.39 Å². The first-order valence-electron chi connectivity index (χ1n) is 7.50. The lowest BCUT2D eigenvalue weighted by atomic mass is 9.97. The Balaban J connectivity index is 1.95. The molecule has 1 fully saturated rings. The zero-order valence-electron chi connectivity index (χ0n) is 13.3. The van der Waals surface area contributed by atoms with Crippen molar-refractivity contribution in [1.29, 1.82) is 0 Å². The number of hydrogen-bond donors (Lipinski definition) is 1. The van der Waals surface area contributed by atoms with E-state index in [1.807, 2.05) is 0 Å². The van der Waals surface area contributed by atoms with Crippen LogP contribution in [0, 0.1) is 11.7 Å². The summed E-state index contributed by atoms with van der Waals surface area (Å²) in [6.45, 7) is 0.197. The number of esters is 1. The van der Waals surface area contributed by atoms with Gasteiger partial charge in [0, 0.05) is 13.1 Å². The van der Waals surface area contributed by atoms with Crippen molar-refractivity contribution < 1.29 is 28.2 Å². The topological polar surface area (TPSA) is 98.9 Å². The van der Waals surface area contributed by atoms with Crippen molar-refractivity contribution in [2.75, 3.05) is 26.8 Å². The first kappa shape index (κ1) is 17.7. The molecular formula is C16H19FN2O5. The average Bonchev–Trinajstić information content (AvgIpc) is 2.59. The van der Waals surface area contributed by atoms with Gasteiger partial charge in [0.2, 0.25) is 5.91 Å². The fraction of sp³-hybridized carbons (Fsp3) is 0.438. The number of ether oxygens (including phenoxy) is 2. The molecule has 1 aromatic carbocycles. The predicted octanol–water partition coefficient (Wildman–Crippen LogP) is 0.715. The highest BCUT2D eigenvalue weighted by Crippen LogP contribution is 2.20. The lowest BCUT2D eigenvalue weighted by Gasteiger charge is -2.31. The van der Waals surface area contributed by atoms with E-state index in [2.05, 4.69) is 0 Å². The number of carbonyl (C=O) groups excluding carboxylic acids is 3. The average molecular weight is 338 g/mol. The van der Waals surface area contributed by atoms with Crippen molar-refractivity contribution in [2.24, 2.45) is 11.7 Å². The monoisotopic (exact) mass is 338 g/mol. The van der Waals surface area contributed by atoms with Gasteiger partial charge < -0.3 is 20.1 Å². The summed E-state index contributed by atoms with van der Waals surface area (Å²) in [4.78, 5) is 36.8. The number of likely N-dealkylation sites (tertiary alicyclic amines) is 1. The first-order valence-corrected chi connectivity index (χ1v) is 7.50. The Hall–Kier alpha value is -2.64. The first-order chi connectivity index (χ1) is 11.4. The molecule has 0 unspecified atom stereocenters. The second-order valence-electron chi connectivity index (χ2n) is 5.50. The number of benzene rings is 1. The SMILES string of the molecule is COc1ccc(F)cc1C(=O)OCC(=O)N1CCC[C@H](C(N)=O)C1. The van der Waals surface area contributed by atoms with E-state index in [0.717, 1.165) is 12.1 Å². The van der Waals surface area contributed by atoms with Crippen molar-refractivity contribution in [1.82, 2.24) is 4.90 Å². The third kappa shape index (κ3) is 4.21. The number of rotatable bonds is 5. The van der Waals surface area contributed by atoms with Crippen LogP contribution in [0.25, 0.3) is 0 Å². The number of hydrogen-bond acceptors (Lipinski definition) is 5. The molecule has 2 amide bonds. The third-order valence-electron chi connectivity index (χ3n) is 3.88. The van der Waals surface area contributed by atoms with Crippen molar-refractivity contribution >= 4 is 17.8 Å². The van der Waals surface area contributed by atoms with Gasteiger partial charge in [-0.25, -0.2) is 9.18 Å². The quantitative estimate of drug-likeness (QED) is 0.798. The molecule has 130 valence electrons. The molecular weight excluding hydrogens is 319 g/mol. The fourth-order valence-electron chi connectivity index (χ4n) is 2.57. The van der Waals surface area contributed by atoms with Crippen LogP contribution >= 0.6 is 0 Å². The molecule has 1 atom stereocenters. The Bertz CT molecular complexity index is 649. The Morgan fingerprint density at radius 1 is 1.38 bits per heavy atom. The van der Waals surface area contributed by atoms with Gasteiger partial charge in [-0.2, -0.15) is 0 Å². The summed E-state index contributed by atoms with van der Waals surface area (Å²) >= 11 is 0. The van der Waals surface area contributed by atoms with Crippen LogP contribution in [0.15, 0.2) is 18.2 Å². The van der Waals surface area contributed by atoms with Gasteiger partial charge in [-0.05, 0) is 31.0 Å². The maximum absolute atomic E-state index is 13.3. The van der Waals surface area contributed by atoms with E-state index >= 15 is 0 Å². The number of nitrogens with zero attached hydrogens (tertiary/aromatic N) is 1. The largest absolute Gasteiger partial charge is 0.496 e. The Kier molecular flexibility index (Phi) is 5.73. The molecule has 0 aromatic heterocycles. The Labute approximate surface area is 138 Å². The molecule has 8 heteroatoms. The molecule has 1 aromatic rings. The minimum Gasteiger partial charge on any atom is -0.496 e. The van der Waals surface area contributed by atoms with Gasteiger partial charge in [-0.1, -0.05) is 0 Å². The molecule has 2 N–H and O–H groups in total. The Morgan fingerprint density at radius 2 is 2.12 bits per heavy atom. The van der Waals surface area contributed by atoms with Crippen LogP contribution < -0.4 is 10.5 Å². The maximum atomic E-state index is 13.3. The lowest BCUT2D eigenvalue weighted by Crippen LogP contribution is -2.45. The van der Waals surface area contributed by atoms with E-state index in [1.54, 1.807) is 0 Å². The molecule has 1 saturated heterocycles. The summed E-state index contributed by atoms with van der Waals surface area (Å²) in [5, 5.41) is 0. The smallest absolute Gasteiger partial charge is 0.342 e. The van der Waals surface area contributed by atoms with Crippen LogP contribution in [0.5, 0.6) is 5.75 Å². The number of primary amides is 1. The van der Waals surface area contributed by atoms with Crippen LogP contribution in [-0.2, 0) is 14.3 Å². The highest BCUT2D eigenvalue weighted by Gasteiger charge is 2.27. The minimum absolute atomic E-state index is 0.0982. The lowest BCUT2D eigenvalue weighted by molar-refractivity contribution is -0.137. The molecule has 2 rings (SSSR count). The number of carbonyl (C=O) groups is 3. The molecule has 0 radical (unpaired) electrons. The van der Waals surface area contributed by atoms with E-state index in [1.165, 1.54) is 18.1 Å². The molecule has 0 aliphatic carbocycles. The highest BCUT2D eigenvalue weighted by molar-refractivity contribution is 5.94. The normalized spacial score (nSPS) is 17.2. The van der Waals surface area contributed by atoms with Crippen molar-refractivity contribution in [3.63, 3.8) is 0 Å². The molecule has 0 saturated carbocycles. The van der Waals surface area contributed by atoms with E-state index in [-0.39, 0.29) is 23.8 Å². The van der Waals surface area contributed by atoms with Gasteiger partial charge >= 0.3 is 5.97 Å². The summed E-state index contributed by atoms with van der Waals surface area (Å²) in [6, 6.07) is 3.43. The van der Waals surface area contributed by atoms with Crippen molar-refractivity contribution in [3.8, 4) is 5.75 Å². The number of amides is 2. The zero-order chi connectivity index (χ0) is 17.7. The van der Waals surface area contributed by atoms with Gasteiger partial charge in [-0.3, -0.25) is 9.59 Å². The summed E-state index contributed by atoms with van der Waals surface area (Å²) in [7, 11) is 1.34. The number of piperidine rings is 1. The summed E-state index contributed by atoms with van der Waals surface area (Å²) in [5.41, 5.74) is 5.16. The highest BCUT2D eigenvalue weighted by atomic mass is 19.1. The molecule has 0 bridgehead atoms. The van der Waals surface area contributed by atoms with Crippen LogP contribution in [-0.4, -0.2) is 49.5 Å². The molecule has 1 heterocycles. The summed E-state index contributed by atoms with van der Waals surface area (Å²) in [6.07, 6.45) is 1.30. The number of nitrogens with two attached hydrogens (primary N) is 1. The summed E-state index contributed by atoms with van der Waals surface area (Å²) in [5.74, 6) is -2.58. The van der Waals surface area contributed by atoms with E-state index < -0.39 is 30.2 Å². The van der Waals surface area contributed by atoms with Gasteiger partial charge in [0.15, 0.2) is 6.61 Å². The predicted molar refractivity (Wildman–Crippen MR) is 81.7 cm³/mol. The molecule has 7 nitrogen and oxygen atoms in total. The maximum Gasteiger partial charge on any atom is 0.342 e. The van der Waals surface area contributed by atoms with Crippen molar-refractivity contribution in [3.05, 3.63) is 29.6 Å². The van der Waals surface area contributed by atoms with Crippen molar-refractivity contribution in [2.45, 2.75) is 12.8 Å². The van der Waals surface area contributed by atoms with E-state index in [4.69, 9.17) is 15.2 Å². The third-order valence-corrected chi connectivity index (χ3v) is 3.88. The fourth-order valence-corrected chi connectivity index (χ4v) is 2.57. The van der Waals surface area contributed by atoms with Gasteiger partial charge in [-0.15, -0.1) is 0 Å². The zero-order valence-corrected chi connectivity index (χ0v) is 13.3. The second kappa shape index (κ2) is 7.76. The number of methoxy groups -OCH3 is 1. The number of halogens is 1. The van der Waals surface area contributed by atoms with E-state index in [9.17, 15) is 18.8 Å². The van der Waals surface area contributed by atoms with Gasteiger partial charge in [0.1, 0.15) is 17.1 Å². The van der Waals surface area contributed by atoms with Gasteiger partial charge in [0.25, 0.3) is 5.91 Å².